The lowest BCUT2D eigenvalue weighted by atomic mass is 9.89. The molecule has 0 amide bonds. The van der Waals surface area contributed by atoms with Crippen LogP contribution in [0.3, 0.4) is 0 Å². The van der Waals surface area contributed by atoms with Gasteiger partial charge in [0.05, 0.1) is 12.6 Å². The molecule has 126 valence electrons. The normalized spacial score (nSPS) is 20.3. The first-order valence-electron chi connectivity index (χ1n) is 7.93. The Bertz CT molecular complexity index is 730. The van der Waals surface area contributed by atoms with Gasteiger partial charge in [-0.3, -0.25) is 4.99 Å². The maximum atomic E-state index is 5.92. The zero-order chi connectivity index (χ0) is 17.0. The molecule has 0 saturated carbocycles. The zero-order valence-electron chi connectivity index (χ0n) is 14.0. The fourth-order valence-electron chi connectivity index (χ4n) is 2.73. The molecular weight excluding hydrogens is 320 g/mol. The molecule has 0 spiro atoms. The highest BCUT2D eigenvalue weighted by atomic mass is 32.2. The Morgan fingerprint density at radius 3 is 2.62 bits per heavy atom. The van der Waals surface area contributed by atoms with Crippen molar-refractivity contribution in [2.45, 2.75) is 25.5 Å². The number of nitrogens with two attached hydrogens (primary N) is 1. The van der Waals surface area contributed by atoms with Crippen LogP contribution < -0.4 is 15.2 Å². The SMILES string of the molecule is COc1ccc(OCc2cccc(C3(C)CCSC(N)=N3)c2)cc1. The van der Waals surface area contributed by atoms with Crippen LogP contribution in [-0.4, -0.2) is 18.0 Å². The van der Waals surface area contributed by atoms with Crippen LogP contribution in [0.1, 0.15) is 24.5 Å². The molecule has 0 saturated heterocycles. The van der Waals surface area contributed by atoms with Crippen molar-refractivity contribution in [2.75, 3.05) is 12.9 Å². The molecule has 1 aliphatic heterocycles. The number of ether oxygens (including phenoxy) is 2. The first-order chi connectivity index (χ1) is 11.6. The molecule has 2 N–H and O–H groups in total. The summed E-state index contributed by atoms with van der Waals surface area (Å²) in [5.41, 5.74) is 7.98. The second-order valence-electron chi connectivity index (χ2n) is 5.99. The molecule has 5 heteroatoms. The van der Waals surface area contributed by atoms with Gasteiger partial charge in [-0.05, 0) is 54.8 Å². The Kier molecular flexibility index (Phi) is 5.00. The van der Waals surface area contributed by atoms with Crippen LogP contribution in [0, 0.1) is 0 Å². The van der Waals surface area contributed by atoms with Gasteiger partial charge in [0.1, 0.15) is 18.1 Å². The first kappa shape index (κ1) is 16.7. The number of hydrogen-bond donors (Lipinski definition) is 1. The van der Waals surface area contributed by atoms with Crippen molar-refractivity contribution < 1.29 is 9.47 Å². The highest BCUT2D eigenvalue weighted by molar-refractivity contribution is 8.13. The summed E-state index contributed by atoms with van der Waals surface area (Å²) >= 11 is 1.62. The Balaban J connectivity index is 1.72. The summed E-state index contributed by atoms with van der Waals surface area (Å²) in [6.07, 6.45) is 0.987. The summed E-state index contributed by atoms with van der Waals surface area (Å²) in [6.45, 7) is 2.66. The predicted octanol–water partition coefficient (Wildman–Crippen LogP) is 3.94. The molecule has 0 aromatic heterocycles. The number of hydrogen-bond acceptors (Lipinski definition) is 5. The van der Waals surface area contributed by atoms with E-state index in [1.165, 1.54) is 5.56 Å². The molecule has 0 aliphatic carbocycles. The number of amidine groups is 1. The van der Waals surface area contributed by atoms with Gasteiger partial charge >= 0.3 is 0 Å². The topological polar surface area (TPSA) is 56.8 Å². The molecule has 0 bridgehead atoms. The van der Waals surface area contributed by atoms with E-state index in [1.807, 2.05) is 24.3 Å². The van der Waals surface area contributed by atoms with Gasteiger partial charge in [-0.15, -0.1) is 0 Å². The fraction of sp³-hybridized carbons (Fsp3) is 0.316. The van der Waals surface area contributed by atoms with Crippen molar-refractivity contribution in [3.8, 4) is 11.5 Å². The minimum atomic E-state index is -0.245. The number of benzene rings is 2. The van der Waals surface area contributed by atoms with Crippen molar-refractivity contribution >= 4 is 16.9 Å². The monoisotopic (exact) mass is 342 g/mol. The van der Waals surface area contributed by atoms with Crippen LogP contribution in [0.4, 0.5) is 0 Å². The second kappa shape index (κ2) is 7.18. The van der Waals surface area contributed by atoms with Crippen LogP contribution in [-0.2, 0) is 12.1 Å². The Labute approximate surface area is 147 Å². The molecule has 1 heterocycles. The number of aliphatic imine (C=N–C) groups is 1. The van der Waals surface area contributed by atoms with E-state index < -0.39 is 0 Å². The first-order valence-corrected chi connectivity index (χ1v) is 8.92. The third-order valence-electron chi connectivity index (χ3n) is 4.21. The number of rotatable bonds is 5. The summed E-state index contributed by atoms with van der Waals surface area (Å²) in [6, 6.07) is 16.0. The maximum absolute atomic E-state index is 5.92. The van der Waals surface area contributed by atoms with E-state index in [1.54, 1.807) is 18.9 Å². The predicted molar refractivity (Wildman–Crippen MR) is 99.8 cm³/mol. The van der Waals surface area contributed by atoms with Gasteiger partial charge in [0.15, 0.2) is 5.17 Å². The third kappa shape index (κ3) is 3.85. The molecule has 0 radical (unpaired) electrons. The molecule has 0 fully saturated rings. The molecule has 1 unspecified atom stereocenters. The van der Waals surface area contributed by atoms with Crippen LogP contribution in [0.15, 0.2) is 53.5 Å². The second-order valence-corrected chi connectivity index (χ2v) is 7.10. The molecular formula is C19H22N2O2S. The van der Waals surface area contributed by atoms with Crippen molar-refractivity contribution in [2.24, 2.45) is 10.7 Å². The van der Waals surface area contributed by atoms with Gasteiger partial charge < -0.3 is 15.2 Å². The average Bonchev–Trinajstić information content (AvgIpc) is 2.60. The highest BCUT2D eigenvalue weighted by Crippen LogP contribution is 2.35. The van der Waals surface area contributed by atoms with Crippen molar-refractivity contribution in [1.29, 1.82) is 0 Å². The van der Waals surface area contributed by atoms with Gasteiger partial charge in [0, 0.05) is 5.75 Å². The zero-order valence-corrected chi connectivity index (χ0v) is 14.8. The minimum absolute atomic E-state index is 0.245. The van der Waals surface area contributed by atoms with Crippen LogP contribution in [0.2, 0.25) is 0 Å². The number of methoxy groups -OCH3 is 1. The molecule has 3 rings (SSSR count). The Morgan fingerprint density at radius 2 is 1.92 bits per heavy atom. The van der Waals surface area contributed by atoms with E-state index in [-0.39, 0.29) is 5.54 Å². The van der Waals surface area contributed by atoms with Gasteiger partial charge in [-0.2, -0.15) is 0 Å². The lowest BCUT2D eigenvalue weighted by molar-refractivity contribution is 0.305. The van der Waals surface area contributed by atoms with E-state index in [0.717, 1.165) is 29.2 Å². The van der Waals surface area contributed by atoms with Gasteiger partial charge in [0.2, 0.25) is 0 Å². The van der Waals surface area contributed by atoms with Crippen LogP contribution >= 0.6 is 11.8 Å². The van der Waals surface area contributed by atoms with E-state index in [2.05, 4.69) is 36.2 Å². The molecule has 4 nitrogen and oxygen atoms in total. The summed E-state index contributed by atoms with van der Waals surface area (Å²) in [5, 5.41) is 0.670. The minimum Gasteiger partial charge on any atom is -0.497 e. The van der Waals surface area contributed by atoms with Gasteiger partial charge in [-0.25, -0.2) is 0 Å². The van der Waals surface area contributed by atoms with Crippen molar-refractivity contribution in [3.63, 3.8) is 0 Å². The quantitative estimate of drug-likeness (QED) is 0.894. The summed E-state index contributed by atoms with van der Waals surface area (Å²) in [5.74, 6) is 2.64. The van der Waals surface area contributed by atoms with E-state index >= 15 is 0 Å². The Morgan fingerprint density at radius 1 is 1.17 bits per heavy atom. The van der Waals surface area contributed by atoms with Gasteiger partial charge in [-0.1, -0.05) is 30.0 Å². The van der Waals surface area contributed by atoms with Crippen molar-refractivity contribution in [1.82, 2.24) is 0 Å². The molecule has 1 atom stereocenters. The fourth-order valence-corrected chi connectivity index (χ4v) is 3.70. The molecule has 2 aromatic carbocycles. The largest absolute Gasteiger partial charge is 0.497 e. The third-order valence-corrected chi connectivity index (χ3v) is 5.00. The lowest BCUT2D eigenvalue weighted by Crippen LogP contribution is -2.28. The Hall–Kier alpha value is -2.14. The van der Waals surface area contributed by atoms with E-state index in [4.69, 9.17) is 15.2 Å². The molecule has 24 heavy (non-hydrogen) atoms. The summed E-state index contributed by atoms with van der Waals surface area (Å²) < 4.78 is 11.0. The van der Waals surface area contributed by atoms with Gasteiger partial charge in [0.25, 0.3) is 0 Å². The van der Waals surface area contributed by atoms with Crippen LogP contribution in [0.5, 0.6) is 11.5 Å². The number of thioether (sulfide) groups is 1. The summed E-state index contributed by atoms with van der Waals surface area (Å²) in [7, 11) is 1.65. The lowest BCUT2D eigenvalue weighted by Gasteiger charge is -2.30. The maximum Gasteiger partial charge on any atom is 0.154 e. The number of nitrogens with zero attached hydrogens (tertiary/aromatic N) is 1. The standard InChI is InChI=1S/C19H22N2O2S/c1-19(10-11-24-18(20)21-19)15-5-3-4-14(12-15)13-23-17-8-6-16(22-2)7-9-17/h3-9,12H,10-11,13H2,1-2H3,(H2,20,21). The van der Waals surface area contributed by atoms with E-state index in [9.17, 15) is 0 Å². The smallest absolute Gasteiger partial charge is 0.154 e. The summed E-state index contributed by atoms with van der Waals surface area (Å²) in [4.78, 5) is 4.67. The molecule has 1 aliphatic rings. The highest BCUT2D eigenvalue weighted by Gasteiger charge is 2.29. The molecule has 2 aromatic rings. The van der Waals surface area contributed by atoms with Crippen molar-refractivity contribution in [3.05, 3.63) is 59.7 Å². The van der Waals surface area contributed by atoms with Crippen LogP contribution in [0.25, 0.3) is 0 Å². The average molecular weight is 342 g/mol. The van der Waals surface area contributed by atoms with E-state index in [0.29, 0.717) is 11.8 Å².